The zero-order chi connectivity index (χ0) is 17.1. The highest BCUT2D eigenvalue weighted by molar-refractivity contribution is 6.74. The molecular formula is C15H30O6Si. The Morgan fingerprint density at radius 2 is 1.73 bits per heavy atom. The Labute approximate surface area is 133 Å². The summed E-state index contributed by atoms with van der Waals surface area (Å²) >= 11 is 0. The third kappa shape index (κ3) is 2.77. The molecule has 0 unspecified atom stereocenters. The van der Waals surface area contributed by atoms with Gasteiger partial charge in [0.05, 0.1) is 6.61 Å². The van der Waals surface area contributed by atoms with Crippen molar-refractivity contribution >= 4 is 8.32 Å². The molecule has 1 saturated heterocycles. The van der Waals surface area contributed by atoms with E-state index in [1.807, 2.05) is 0 Å². The van der Waals surface area contributed by atoms with E-state index in [-0.39, 0.29) is 5.04 Å². The lowest BCUT2D eigenvalue weighted by Crippen LogP contribution is -2.55. The van der Waals surface area contributed by atoms with Gasteiger partial charge in [0.15, 0.2) is 14.1 Å². The van der Waals surface area contributed by atoms with Crippen LogP contribution in [0.3, 0.4) is 0 Å². The fraction of sp³-hybridized carbons (Fsp3) is 1.00. The summed E-state index contributed by atoms with van der Waals surface area (Å²) < 4.78 is 17.9. The second kappa shape index (κ2) is 5.24. The van der Waals surface area contributed by atoms with Crippen molar-refractivity contribution < 1.29 is 29.2 Å². The molecule has 6 nitrogen and oxygen atoms in total. The molecule has 0 aromatic heterocycles. The molecule has 2 fully saturated rings. The number of rotatable bonds is 3. The van der Waals surface area contributed by atoms with Crippen LogP contribution in [-0.2, 0) is 13.9 Å². The molecule has 1 heterocycles. The van der Waals surface area contributed by atoms with Gasteiger partial charge in [0.2, 0.25) is 0 Å². The van der Waals surface area contributed by atoms with Crippen LogP contribution < -0.4 is 0 Å². The van der Waals surface area contributed by atoms with Crippen LogP contribution in [0.15, 0.2) is 0 Å². The minimum Gasteiger partial charge on any atom is -0.408 e. The van der Waals surface area contributed by atoms with E-state index in [2.05, 4.69) is 33.9 Å². The Hall–Kier alpha value is -0.0231. The van der Waals surface area contributed by atoms with E-state index in [0.29, 0.717) is 0 Å². The maximum Gasteiger partial charge on any atom is 0.192 e. The topological polar surface area (TPSA) is 88.4 Å². The van der Waals surface area contributed by atoms with E-state index in [9.17, 15) is 15.3 Å². The van der Waals surface area contributed by atoms with Gasteiger partial charge in [-0.15, -0.1) is 0 Å². The van der Waals surface area contributed by atoms with E-state index in [4.69, 9.17) is 13.9 Å². The third-order valence-corrected chi connectivity index (χ3v) is 9.73. The molecule has 0 aromatic rings. The van der Waals surface area contributed by atoms with Crippen LogP contribution in [0, 0.1) is 0 Å². The molecule has 0 amide bonds. The van der Waals surface area contributed by atoms with Gasteiger partial charge in [-0.25, -0.2) is 0 Å². The molecular weight excluding hydrogens is 304 g/mol. The average Bonchev–Trinajstić information content (AvgIpc) is 2.76. The third-order valence-electron chi connectivity index (χ3n) is 5.26. The summed E-state index contributed by atoms with van der Waals surface area (Å²) in [4.78, 5) is 0. The second-order valence-corrected chi connectivity index (χ2v) is 13.2. The minimum absolute atomic E-state index is 0.0445. The summed E-state index contributed by atoms with van der Waals surface area (Å²) in [7, 11) is -2.18. The molecule has 1 aliphatic carbocycles. The SMILES string of the molecule is CC1(C)O[C@H]2[C@@H](O[Si](C)(C)C(C)(C)C)[C@@H](O)[C@](O)(CO)[C@H]2O1. The molecule has 2 aliphatic rings. The molecule has 2 rings (SSSR count). The molecule has 22 heavy (non-hydrogen) atoms. The van der Waals surface area contributed by atoms with Gasteiger partial charge in [-0.05, 0) is 32.0 Å². The van der Waals surface area contributed by atoms with Crippen LogP contribution in [0.5, 0.6) is 0 Å². The Balaban J connectivity index is 2.32. The molecule has 7 heteroatoms. The van der Waals surface area contributed by atoms with Crippen LogP contribution in [0.4, 0.5) is 0 Å². The van der Waals surface area contributed by atoms with Crippen LogP contribution in [0.1, 0.15) is 34.6 Å². The van der Waals surface area contributed by atoms with Gasteiger partial charge in [-0.3, -0.25) is 0 Å². The van der Waals surface area contributed by atoms with Gasteiger partial charge in [0.25, 0.3) is 0 Å². The quantitative estimate of drug-likeness (QED) is 0.667. The van der Waals surface area contributed by atoms with Crippen LogP contribution in [-0.4, -0.2) is 66.0 Å². The first-order valence-corrected chi connectivity index (χ1v) is 10.7. The van der Waals surface area contributed by atoms with E-state index >= 15 is 0 Å². The van der Waals surface area contributed by atoms with E-state index < -0.39 is 50.7 Å². The molecule has 0 radical (unpaired) electrons. The highest BCUT2D eigenvalue weighted by Crippen LogP contribution is 2.47. The lowest BCUT2D eigenvalue weighted by atomic mass is 9.98. The predicted octanol–water partition coefficient (Wildman–Crippen LogP) is 0.995. The van der Waals surface area contributed by atoms with Gasteiger partial charge in [0.1, 0.15) is 30.0 Å². The highest BCUT2D eigenvalue weighted by atomic mass is 28.4. The van der Waals surface area contributed by atoms with Gasteiger partial charge in [-0.2, -0.15) is 0 Å². The normalized spacial score (nSPS) is 41.7. The van der Waals surface area contributed by atoms with Gasteiger partial charge < -0.3 is 29.2 Å². The summed E-state index contributed by atoms with van der Waals surface area (Å²) in [5.41, 5.74) is -1.77. The lowest BCUT2D eigenvalue weighted by molar-refractivity contribution is -0.218. The Morgan fingerprint density at radius 1 is 1.18 bits per heavy atom. The summed E-state index contributed by atoms with van der Waals surface area (Å²) in [5.74, 6) is -0.881. The predicted molar refractivity (Wildman–Crippen MR) is 83.9 cm³/mol. The molecule has 0 spiro atoms. The Morgan fingerprint density at radius 3 is 2.18 bits per heavy atom. The van der Waals surface area contributed by atoms with Crippen molar-refractivity contribution in [3.8, 4) is 0 Å². The zero-order valence-electron chi connectivity index (χ0n) is 14.6. The molecule has 1 aliphatic heterocycles. The van der Waals surface area contributed by atoms with Crippen molar-refractivity contribution in [1.82, 2.24) is 0 Å². The van der Waals surface area contributed by atoms with Gasteiger partial charge in [-0.1, -0.05) is 20.8 Å². The second-order valence-electron chi connectivity index (χ2n) is 8.46. The first-order valence-electron chi connectivity index (χ1n) is 7.80. The van der Waals surface area contributed by atoms with Crippen LogP contribution >= 0.6 is 0 Å². The van der Waals surface area contributed by atoms with Gasteiger partial charge in [0, 0.05) is 0 Å². The Kier molecular flexibility index (Phi) is 4.36. The maximum atomic E-state index is 10.7. The number of hydrogen-bond acceptors (Lipinski definition) is 6. The molecule has 0 aromatic carbocycles. The minimum atomic E-state index is -2.18. The molecule has 5 atom stereocenters. The lowest BCUT2D eigenvalue weighted by Gasteiger charge is -2.41. The standard InChI is InChI=1S/C15H30O6Si/c1-13(2,3)22(6,7)21-9-10-12(20-14(4,5)19-10)15(18,8-16)11(9)17/h9-12,16-18H,8H2,1-7H3/t9-,10+,11-,12+,15-/m1/s1. The maximum absolute atomic E-state index is 10.7. The fourth-order valence-corrected chi connectivity index (χ4v) is 4.18. The van der Waals surface area contributed by atoms with E-state index in [1.165, 1.54) is 0 Å². The van der Waals surface area contributed by atoms with Crippen molar-refractivity contribution in [2.45, 2.75) is 88.6 Å². The molecule has 0 bridgehead atoms. The molecule has 1 saturated carbocycles. The van der Waals surface area contributed by atoms with Crippen molar-refractivity contribution in [3.63, 3.8) is 0 Å². The van der Waals surface area contributed by atoms with Gasteiger partial charge >= 0.3 is 0 Å². The number of ether oxygens (including phenoxy) is 2. The van der Waals surface area contributed by atoms with Crippen molar-refractivity contribution in [3.05, 3.63) is 0 Å². The first-order chi connectivity index (χ1) is 9.75. The van der Waals surface area contributed by atoms with E-state index in [1.54, 1.807) is 13.8 Å². The monoisotopic (exact) mass is 334 g/mol. The molecule has 3 N–H and O–H groups in total. The first kappa shape index (κ1) is 18.3. The summed E-state index contributed by atoms with van der Waals surface area (Å²) in [5, 5.41) is 30.8. The van der Waals surface area contributed by atoms with Crippen molar-refractivity contribution in [2.75, 3.05) is 6.61 Å². The number of fused-ring (bicyclic) bond motifs is 1. The number of hydrogen-bond donors (Lipinski definition) is 3. The Bertz CT molecular complexity index is 432. The van der Waals surface area contributed by atoms with Crippen molar-refractivity contribution in [1.29, 1.82) is 0 Å². The molecule has 130 valence electrons. The fourth-order valence-electron chi connectivity index (χ4n) is 2.88. The smallest absolute Gasteiger partial charge is 0.192 e. The highest BCUT2D eigenvalue weighted by Gasteiger charge is 2.67. The van der Waals surface area contributed by atoms with Crippen molar-refractivity contribution in [2.24, 2.45) is 0 Å². The van der Waals surface area contributed by atoms with Crippen LogP contribution in [0.2, 0.25) is 18.1 Å². The summed E-state index contributed by atoms with van der Waals surface area (Å²) in [6.45, 7) is 13.4. The summed E-state index contributed by atoms with van der Waals surface area (Å²) in [6, 6.07) is 0. The van der Waals surface area contributed by atoms with E-state index in [0.717, 1.165) is 0 Å². The zero-order valence-corrected chi connectivity index (χ0v) is 15.6. The number of aliphatic hydroxyl groups is 3. The van der Waals surface area contributed by atoms with Crippen LogP contribution in [0.25, 0.3) is 0 Å². The largest absolute Gasteiger partial charge is 0.408 e. The average molecular weight is 334 g/mol. The number of aliphatic hydroxyl groups excluding tert-OH is 2. The summed E-state index contributed by atoms with van der Waals surface area (Å²) in [6.07, 6.45) is -3.38.